The van der Waals surface area contributed by atoms with E-state index in [-0.39, 0.29) is 18.9 Å². The first kappa shape index (κ1) is 51.8. The molecule has 2 N–H and O–H groups in total. The zero-order valence-electron chi connectivity index (χ0n) is 39.8. The van der Waals surface area contributed by atoms with E-state index >= 15 is 0 Å². The number of allylic oxidation sites excluding steroid dienone is 1. The van der Waals surface area contributed by atoms with Crippen molar-refractivity contribution in [2.24, 2.45) is 10.9 Å². The molecule has 66 heavy (non-hydrogen) atoms. The molecule has 0 bridgehead atoms. The van der Waals surface area contributed by atoms with Crippen LogP contribution in [0.2, 0.25) is 25.7 Å². The van der Waals surface area contributed by atoms with Crippen molar-refractivity contribution in [1.29, 1.82) is 0 Å². The average Bonchev–Trinajstić information content (AvgIpc) is 3.69. The quantitative estimate of drug-likeness (QED) is 0.0207. The minimum Gasteiger partial charge on any atom is -0.466 e. The fourth-order valence-electron chi connectivity index (χ4n) is 7.10. The molecular formula is C52H66N4O7S2Si. The van der Waals surface area contributed by atoms with Crippen LogP contribution in [-0.4, -0.2) is 83.4 Å². The van der Waals surface area contributed by atoms with Gasteiger partial charge in [-0.1, -0.05) is 131 Å². The first-order valence-electron chi connectivity index (χ1n) is 22.6. The number of hydrogen-bond donors (Lipinski definition) is 2. The van der Waals surface area contributed by atoms with Gasteiger partial charge in [0, 0.05) is 25.6 Å². The Balaban J connectivity index is 1.30. The smallest absolute Gasteiger partial charge is 0.407 e. The number of carbonyl (C=O) groups excluding carboxylic acids is 4. The van der Waals surface area contributed by atoms with Crippen LogP contribution in [0.1, 0.15) is 82.3 Å². The number of thioether (sulfide) groups is 2. The molecule has 4 aromatic rings. The van der Waals surface area contributed by atoms with Crippen molar-refractivity contribution in [3.8, 4) is 0 Å². The number of aromatic nitrogens is 1. The molecule has 2 heterocycles. The molecule has 0 fully saturated rings. The Kier molecular flexibility index (Phi) is 18.5. The summed E-state index contributed by atoms with van der Waals surface area (Å²) in [5.41, 5.74) is 3.02. The number of aliphatic imine (C=N–C) groups is 1. The van der Waals surface area contributed by atoms with Crippen molar-refractivity contribution in [2.75, 3.05) is 18.1 Å². The average molecular weight is 951 g/mol. The van der Waals surface area contributed by atoms with Gasteiger partial charge in [-0.05, 0) is 86.7 Å². The number of hydrogen-bond acceptors (Lipinski definition) is 11. The van der Waals surface area contributed by atoms with Gasteiger partial charge in [0.05, 0.1) is 35.1 Å². The van der Waals surface area contributed by atoms with Gasteiger partial charge in [-0.3, -0.25) is 19.6 Å². The van der Waals surface area contributed by atoms with E-state index in [4.69, 9.17) is 19.2 Å². The van der Waals surface area contributed by atoms with E-state index in [1.807, 2.05) is 56.0 Å². The fourth-order valence-corrected chi connectivity index (χ4v) is 10.5. The molecule has 0 radical (unpaired) electrons. The second kappa shape index (κ2) is 23.5. The Hall–Kier alpha value is -5.18. The van der Waals surface area contributed by atoms with Crippen LogP contribution >= 0.6 is 23.5 Å². The predicted molar refractivity (Wildman–Crippen MR) is 271 cm³/mol. The number of nitrogens with zero attached hydrogens (tertiary/aromatic N) is 2. The molecule has 0 saturated heterocycles. The fraction of sp³-hybridized carbons (Fsp3) is 0.423. The summed E-state index contributed by atoms with van der Waals surface area (Å²) in [7, 11) is -1.46. The van der Waals surface area contributed by atoms with Gasteiger partial charge in [0.25, 0.3) is 0 Å². The van der Waals surface area contributed by atoms with Crippen molar-refractivity contribution < 1.29 is 33.4 Å². The third-order valence-electron chi connectivity index (χ3n) is 10.7. The lowest BCUT2D eigenvalue weighted by atomic mass is 9.84. The van der Waals surface area contributed by atoms with Crippen LogP contribution < -0.4 is 10.6 Å². The monoisotopic (exact) mass is 950 g/mol. The molecular weight excluding hydrogens is 885 g/mol. The van der Waals surface area contributed by atoms with Gasteiger partial charge in [-0.2, -0.15) is 0 Å². The maximum atomic E-state index is 14.1. The number of pyridine rings is 1. The largest absolute Gasteiger partial charge is 0.466 e. The molecule has 0 saturated carbocycles. The molecule has 0 spiro atoms. The highest BCUT2D eigenvalue weighted by molar-refractivity contribution is 8.14. The molecule has 1 aliphatic heterocycles. The Morgan fingerprint density at radius 1 is 0.894 bits per heavy atom. The SMILES string of the molecule is CC(C)[C@H](NC(=O)[C@]1(C)CSC(c2ccnc(CNC(=O)OC(C)(C)C)c2)=N1)C(=O)OC(/C=C/CCSC(c1ccccc1)(c1ccccc1)c1ccccc1)CC(=O)OCC[Si](C)(C)C. The normalized spacial score (nSPS) is 16.3. The van der Waals surface area contributed by atoms with E-state index in [1.165, 1.54) is 11.8 Å². The van der Waals surface area contributed by atoms with E-state index in [1.54, 1.807) is 46.0 Å². The summed E-state index contributed by atoms with van der Waals surface area (Å²) in [5.74, 6) is -0.810. The Labute approximate surface area is 400 Å². The van der Waals surface area contributed by atoms with Crippen LogP contribution in [-0.2, 0) is 39.9 Å². The van der Waals surface area contributed by atoms with Crippen molar-refractivity contribution >= 4 is 60.6 Å². The first-order valence-corrected chi connectivity index (χ1v) is 28.2. The van der Waals surface area contributed by atoms with Crippen molar-refractivity contribution in [3.63, 3.8) is 0 Å². The molecule has 1 unspecified atom stereocenters. The number of nitrogens with one attached hydrogen (secondary N) is 2. The summed E-state index contributed by atoms with van der Waals surface area (Å²) in [6, 6.07) is 34.9. The van der Waals surface area contributed by atoms with E-state index in [0.717, 1.165) is 28.3 Å². The minimum atomic E-state index is -1.46. The number of alkyl carbamates (subject to hydrolysis) is 1. The highest BCUT2D eigenvalue weighted by Crippen LogP contribution is 2.48. The minimum absolute atomic E-state index is 0.152. The summed E-state index contributed by atoms with van der Waals surface area (Å²) < 4.78 is 16.6. The summed E-state index contributed by atoms with van der Waals surface area (Å²) in [4.78, 5) is 62.8. The lowest BCUT2D eigenvalue weighted by molar-refractivity contribution is -0.156. The number of rotatable bonds is 21. The second-order valence-electron chi connectivity index (χ2n) is 19.1. The zero-order chi connectivity index (χ0) is 48.0. The van der Waals surface area contributed by atoms with Crippen LogP contribution in [0.15, 0.2) is 126 Å². The number of esters is 2. The third-order valence-corrected chi connectivity index (χ3v) is 15.2. The molecule has 14 heteroatoms. The van der Waals surface area contributed by atoms with Gasteiger partial charge in [-0.15, -0.1) is 23.5 Å². The predicted octanol–water partition coefficient (Wildman–Crippen LogP) is 10.4. The standard InChI is InChI=1S/C52H66N4O7S2Si/c1-37(2)45(55-48(59)51(6)36-64-46(56-51)38-28-29-53-42(33-38)35-54-49(60)63-50(3,4)5)47(58)62-43(34-44(57)61-30-32-66(7,8)9)27-19-20-31-65-52(39-21-13-10-14-22-39,40-23-15-11-16-24-40)41-25-17-12-18-26-41/h10-19,21-29,33,37,43,45H,20,30-32,34-36H2,1-9H3,(H,54,60)(H,55,59)/b27-19+/t43?,45-,51-/m0/s1. The Morgan fingerprint density at radius 2 is 1.48 bits per heavy atom. The molecule has 352 valence electrons. The highest BCUT2D eigenvalue weighted by atomic mass is 32.2. The zero-order valence-corrected chi connectivity index (χ0v) is 42.4. The van der Waals surface area contributed by atoms with Gasteiger partial charge >= 0.3 is 18.0 Å². The van der Waals surface area contributed by atoms with E-state index in [0.29, 0.717) is 35.3 Å². The molecule has 1 aliphatic rings. The number of amides is 2. The van der Waals surface area contributed by atoms with Crippen molar-refractivity contribution in [3.05, 3.63) is 149 Å². The molecule has 0 aliphatic carbocycles. The van der Waals surface area contributed by atoms with Crippen LogP contribution in [0.5, 0.6) is 0 Å². The van der Waals surface area contributed by atoms with Gasteiger partial charge in [-0.25, -0.2) is 9.59 Å². The summed E-state index contributed by atoms with van der Waals surface area (Å²) >= 11 is 3.25. The molecule has 3 atom stereocenters. The van der Waals surface area contributed by atoms with Gasteiger partial charge in [0.2, 0.25) is 5.91 Å². The Bertz CT molecular complexity index is 2200. The summed E-state index contributed by atoms with van der Waals surface area (Å²) in [6.45, 7) is 17.9. The van der Waals surface area contributed by atoms with Crippen LogP contribution in [0.25, 0.3) is 0 Å². The lowest BCUT2D eigenvalue weighted by Crippen LogP contribution is -2.53. The number of carbonyl (C=O) groups is 4. The molecule has 2 amide bonds. The number of ether oxygens (including phenoxy) is 3. The molecule has 11 nitrogen and oxygen atoms in total. The maximum absolute atomic E-state index is 14.1. The second-order valence-corrected chi connectivity index (χ2v) is 27.0. The topological polar surface area (TPSA) is 145 Å². The highest BCUT2D eigenvalue weighted by Gasteiger charge is 2.42. The maximum Gasteiger partial charge on any atom is 0.407 e. The van der Waals surface area contributed by atoms with Gasteiger partial charge in [0.15, 0.2) is 0 Å². The Morgan fingerprint density at radius 3 is 2.03 bits per heavy atom. The first-order chi connectivity index (χ1) is 31.3. The van der Waals surface area contributed by atoms with E-state index in [9.17, 15) is 19.2 Å². The summed E-state index contributed by atoms with van der Waals surface area (Å²) in [5, 5.41) is 6.30. The molecule has 3 aromatic carbocycles. The summed E-state index contributed by atoms with van der Waals surface area (Å²) in [6.07, 6.45) is 4.35. The van der Waals surface area contributed by atoms with Gasteiger partial charge < -0.3 is 24.8 Å². The lowest BCUT2D eigenvalue weighted by Gasteiger charge is -2.35. The van der Waals surface area contributed by atoms with Crippen LogP contribution in [0.3, 0.4) is 0 Å². The van der Waals surface area contributed by atoms with Crippen LogP contribution in [0.4, 0.5) is 4.79 Å². The third kappa shape index (κ3) is 15.2. The van der Waals surface area contributed by atoms with E-state index in [2.05, 4.69) is 108 Å². The van der Waals surface area contributed by atoms with Crippen molar-refractivity contribution in [1.82, 2.24) is 15.6 Å². The van der Waals surface area contributed by atoms with Gasteiger partial charge in [0.1, 0.15) is 23.3 Å². The van der Waals surface area contributed by atoms with Crippen molar-refractivity contribution in [2.45, 2.75) is 115 Å². The van der Waals surface area contributed by atoms with E-state index < -0.39 is 60.0 Å². The molecule has 5 rings (SSSR count). The van der Waals surface area contributed by atoms with Crippen LogP contribution in [0, 0.1) is 5.92 Å². The number of benzene rings is 3. The molecule has 1 aromatic heterocycles.